The molecular weight excluding hydrogens is 175 g/mol. The van der Waals surface area contributed by atoms with Gasteiger partial charge in [0, 0.05) is 5.88 Å². The molecule has 0 saturated heterocycles. The third-order valence-electron chi connectivity index (χ3n) is 1.98. The van der Waals surface area contributed by atoms with E-state index in [0.717, 1.165) is 12.0 Å². The molecule has 0 spiro atoms. The third-order valence-corrected chi connectivity index (χ3v) is 2.20. The molecule has 0 heterocycles. The number of rotatable bonds is 3. The van der Waals surface area contributed by atoms with Crippen LogP contribution in [-0.4, -0.2) is 5.88 Å². The lowest BCUT2D eigenvalue weighted by Crippen LogP contribution is -1.93. The molecule has 0 aliphatic heterocycles. The van der Waals surface area contributed by atoms with E-state index >= 15 is 0 Å². The van der Waals surface area contributed by atoms with E-state index in [1.807, 2.05) is 12.1 Å². The van der Waals surface area contributed by atoms with E-state index in [9.17, 15) is 4.39 Å². The molecular formula is C10H12ClF. The minimum absolute atomic E-state index is 0.183. The van der Waals surface area contributed by atoms with E-state index in [-0.39, 0.29) is 5.82 Å². The molecule has 1 aromatic rings. The Labute approximate surface area is 77.4 Å². The molecule has 0 bridgehead atoms. The summed E-state index contributed by atoms with van der Waals surface area (Å²) >= 11 is 5.60. The maximum absolute atomic E-state index is 12.5. The highest BCUT2D eigenvalue weighted by atomic mass is 35.5. The van der Waals surface area contributed by atoms with Gasteiger partial charge in [-0.3, -0.25) is 0 Å². The average Bonchev–Trinajstić information content (AvgIpc) is 2.06. The van der Waals surface area contributed by atoms with Gasteiger partial charge in [-0.15, -0.1) is 11.6 Å². The molecule has 0 saturated carbocycles. The fourth-order valence-electron chi connectivity index (χ4n) is 1.12. The Bertz CT molecular complexity index is 230. The van der Waals surface area contributed by atoms with E-state index < -0.39 is 0 Å². The SMILES string of the molecule is C[C@@H](CCCl)c1ccc(F)cc1. The highest BCUT2D eigenvalue weighted by Crippen LogP contribution is 2.19. The van der Waals surface area contributed by atoms with E-state index in [1.54, 1.807) is 0 Å². The van der Waals surface area contributed by atoms with Crippen LogP contribution >= 0.6 is 11.6 Å². The van der Waals surface area contributed by atoms with Gasteiger partial charge in [0.2, 0.25) is 0 Å². The fraction of sp³-hybridized carbons (Fsp3) is 0.400. The van der Waals surface area contributed by atoms with Gasteiger partial charge >= 0.3 is 0 Å². The van der Waals surface area contributed by atoms with Crippen molar-refractivity contribution in [1.82, 2.24) is 0 Å². The van der Waals surface area contributed by atoms with Crippen LogP contribution in [0.4, 0.5) is 4.39 Å². The Hall–Kier alpha value is -0.560. The smallest absolute Gasteiger partial charge is 0.123 e. The summed E-state index contributed by atoms with van der Waals surface area (Å²) in [7, 11) is 0. The molecule has 0 N–H and O–H groups in total. The summed E-state index contributed by atoms with van der Waals surface area (Å²) in [5.41, 5.74) is 1.15. The van der Waals surface area contributed by atoms with Crippen molar-refractivity contribution >= 4 is 11.6 Å². The van der Waals surface area contributed by atoms with Crippen molar-refractivity contribution in [2.75, 3.05) is 5.88 Å². The topological polar surface area (TPSA) is 0 Å². The van der Waals surface area contributed by atoms with Crippen molar-refractivity contribution in [3.8, 4) is 0 Å². The van der Waals surface area contributed by atoms with Crippen molar-refractivity contribution in [1.29, 1.82) is 0 Å². The Morgan fingerprint density at radius 3 is 2.42 bits per heavy atom. The second-order valence-corrected chi connectivity index (χ2v) is 3.31. The Morgan fingerprint density at radius 1 is 1.33 bits per heavy atom. The fourth-order valence-corrected chi connectivity index (χ4v) is 1.45. The van der Waals surface area contributed by atoms with Crippen molar-refractivity contribution < 1.29 is 4.39 Å². The van der Waals surface area contributed by atoms with Crippen LogP contribution in [-0.2, 0) is 0 Å². The van der Waals surface area contributed by atoms with E-state index in [2.05, 4.69) is 6.92 Å². The summed E-state index contributed by atoms with van der Waals surface area (Å²) in [4.78, 5) is 0. The van der Waals surface area contributed by atoms with Gasteiger partial charge in [0.1, 0.15) is 5.82 Å². The minimum Gasteiger partial charge on any atom is -0.207 e. The van der Waals surface area contributed by atoms with Crippen LogP contribution in [0.3, 0.4) is 0 Å². The van der Waals surface area contributed by atoms with Crippen molar-refractivity contribution in [2.24, 2.45) is 0 Å². The molecule has 0 radical (unpaired) electrons. The van der Waals surface area contributed by atoms with Gasteiger partial charge < -0.3 is 0 Å². The number of halogens is 2. The van der Waals surface area contributed by atoms with E-state index in [4.69, 9.17) is 11.6 Å². The molecule has 2 heteroatoms. The van der Waals surface area contributed by atoms with Crippen LogP contribution in [0.25, 0.3) is 0 Å². The van der Waals surface area contributed by atoms with Crippen LogP contribution in [0.1, 0.15) is 24.8 Å². The first-order valence-electron chi connectivity index (χ1n) is 4.05. The van der Waals surface area contributed by atoms with Crippen molar-refractivity contribution in [2.45, 2.75) is 19.3 Å². The monoisotopic (exact) mass is 186 g/mol. The second-order valence-electron chi connectivity index (χ2n) is 2.93. The normalized spacial score (nSPS) is 12.9. The molecule has 0 nitrogen and oxygen atoms in total. The Kier molecular flexibility index (Phi) is 3.54. The molecule has 0 unspecified atom stereocenters. The first kappa shape index (κ1) is 9.53. The first-order chi connectivity index (χ1) is 5.74. The Balaban J connectivity index is 2.68. The molecule has 66 valence electrons. The second kappa shape index (κ2) is 4.46. The molecule has 0 aliphatic carbocycles. The predicted octanol–water partition coefficient (Wildman–Crippen LogP) is 3.56. The van der Waals surface area contributed by atoms with Crippen LogP contribution < -0.4 is 0 Å². The summed E-state index contributed by atoms with van der Waals surface area (Å²) in [5, 5.41) is 0. The number of benzene rings is 1. The zero-order valence-electron chi connectivity index (χ0n) is 7.06. The lowest BCUT2D eigenvalue weighted by molar-refractivity contribution is 0.625. The number of hydrogen-bond donors (Lipinski definition) is 0. The quantitative estimate of drug-likeness (QED) is 0.634. The summed E-state index contributed by atoms with van der Waals surface area (Å²) in [6, 6.07) is 6.60. The zero-order valence-corrected chi connectivity index (χ0v) is 7.81. The minimum atomic E-state index is -0.183. The summed E-state index contributed by atoms with van der Waals surface area (Å²) in [6.45, 7) is 2.09. The lowest BCUT2D eigenvalue weighted by atomic mass is 9.99. The first-order valence-corrected chi connectivity index (χ1v) is 4.59. The predicted molar refractivity (Wildman–Crippen MR) is 50.2 cm³/mol. The van der Waals surface area contributed by atoms with Crippen LogP contribution in [0.5, 0.6) is 0 Å². The molecule has 1 aromatic carbocycles. The van der Waals surface area contributed by atoms with Gasteiger partial charge in [0.05, 0.1) is 0 Å². The van der Waals surface area contributed by atoms with Crippen molar-refractivity contribution in [3.63, 3.8) is 0 Å². The van der Waals surface area contributed by atoms with Crippen LogP contribution in [0.15, 0.2) is 24.3 Å². The maximum atomic E-state index is 12.5. The van der Waals surface area contributed by atoms with E-state index in [0.29, 0.717) is 11.8 Å². The zero-order chi connectivity index (χ0) is 8.97. The lowest BCUT2D eigenvalue weighted by Gasteiger charge is -2.08. The third kappa shape index (κ3) is 2.49. The summed E-state index contributed by atoms with van der Waals surface area (Å²) in [6.07, 6.45) is 0.938. The highest BCUT2D eigenvalue weighted by molar-refractivity contribution is 6.17. The molecule has 12 heavy (non-hydrogen) atoms. The molecule has 0 aliphatic rings. The standard InChI is InChI=1S/C10H12ClF/c1-8(6-7-11)9-2-4-10(12)5-3-9/h2-5,8H,6-7H2,1H3/t8-/m0/s1. The van der Waals surface area contributed by atoms with Gasteiger partial charge in [0.25, 0.3) is 0 Å². The van der Waals surface area contributed by atoms with Gasteiger partial charge in [-0.1, -0.05) is 19.1 Å². The van der Waals surface area contributed by atoms with Gasteiger partial charge in [-0.05, 0) is 30.0 Å². The number of alkyl halides is 1. The molecule has 0 aromatic heterocycles. The van der Waals surface area contributed by atoms with Gasteiger partial charge in [-0.2, -0.15) is 0 Å². The van der Waals surface area contributed by atoms with Crippen LogP contribution in [0.2, 0.25) is 0 Å². The maximum Gasteiger partial charge on any atom is 0.123 e. The summed E-state index contributed by atoms with van der Waals surface area (Å²) in [5.74, 6) is 0.887. The van der Waals surface area contributed by atoms with Gasteiger partial charge in [-0.25, -0.2) is 4.39 Å². The van der Waals surface area contributed by atoms with Crippen LogP contribution in [0, 0.1) is 5.82 Å². The van der Waals surface area contributed by atoms with E-state index in [1.165, 1.54) is 12.1 Å². The van der Waals surface area contributed by atoms with Gasteiger partial charge in [0.15, 0.2) is 0 Å². The average molecular weight is 187 g/mol. The summed E-state index contributed by atoms with van der Waals surface area (Å²) < 4.78 is 12.5. The molecule has 0 amide bonds. The number of hydrogen-bond acceptors (Lipinski definition) is 0. The largest absolute Gasteiger partial charge is 0.207 e. The molecule has 1 atom stereocenters. The van der Waals surface area contributed by atoms with Crippen molar-refractivity contribution in [3.05, 3.63) is 35.6 Å². The highest BCUT2D eigenvalue weighted by Gasteiger charge is 2.03. The molecule has 1 rings (SSSR count). The Morgan fingerprint density at radius 2 is 1.92 bits per heavy atom. The molecule has 0 fully saturated rings.